The van der Waals surface area contributed by atoms with Crippen LogP contribution in [-0.4, -0.2) is 25.2 Å². The van der Waals surface area contributed by atoms with Crippen LogP contribution in [0.2, 0.25) is 0 Å². The lowest BCUT2D eigenvalue weighted by atomic mass is 9.94. The van der Waals surface area contributed by atoms with Gasteiger partial charge in [-0.3, -0.25) is 0 Å². The third kappa shape index (κ3) is 4.10. The van der Waals surface area contributed by atoms with Crippen molar-refractivity contribution in [1.82, 2.24) is 0 Å². The van der Waals surface area contributed by atoms with Crippen LogP contribution in [0, 0.1) is 0 Å². The van der Waals surface area contributed by atoms with Gasteiger partial charge in [0.25, 0.3) is 0 Å². The molecule has 0 atom stereocenters. The lowest BCUT2D eigenvalue weighted by molar-refractivity contribution is -0.138. The summed E-state index contributed by atoms with van der Waals surface area (Å²) in [6.07, 6.45) is 0. The van der Waals surface area contributed by atoms with Gasteiger partial charge < -0.3 is 9.47 Å². The molecule has 0 aliphatic carbocycles. The Morgan fingerprint density at radius 1 is 0.667 bits per heavy atom. The van der Waals surface area contributed by atoms with Crippen molar-refractivity contribution in [2.24, 2.45) is 0 Å². The molecule has 124 valence electrons. The Labute approximate surface area is 141 Å². The van der Waals surface area contributed by atoms with Gasteiger partial charge in [-0.05, 0) is 25.0 Å². The Bertz CT molecular complexity index is 654. The van der Waals surface area contributed by atoms with Crippen molar-refractivity contribution in [2.45, 2.75) is 13.8 Å². The number of hydrogen-bond acceptors (Lipinski definition) is 4. The standard InChI is InChI=1S/C20H20O4/c1-3-23-19(21)17(15-11-7-5-8-12-15)18(20(22)24-4-2)16-13-9-6-10-14-16/h5-14H,3-4H2,1-2H3. The summed E-state index contributed by atoms with van der Waals surface area (Å²) in [6.45, 7) is 3.90. The Hall–Kier alpha value is -2.88. The van der Waals surface area contributed by atoms with Gasteiger partial charge in [-0.15, -0.1) is 0 Å². The first-order chi connectivity index (χ1) is 11.7. The molecule has 0 aliphatic rings. The molecule has 0 fully saturated rings. The van der Waals surface area contributed by atoms with Crippen molar-refractivity contribution in [1.29, 1.82) is 0 Å². The van der Waals surface area contributed by atoms with Crippen LogP contribution in [0.1, 0.15) is 25.0 Å². The summed E-state index contributed by atoms with van der Waals surface area (Å²) in [5, 5.41) is 0. The maximum atomic E-state index is 12.6. The highest BCUT2D eigenvalue weighted by atomic mass is 16.5. The average molecular weight is 324 g/mol. The van der Waals surface area contributed by atoms with Crippen molar-refractivity contribution in [3.63, 3.8) is 0 Å². The molecule has 0 unspecified atom stereocenters. The van der Waals surface area contributed by atoms with E-state index < -0.39 is 11.9 Å². The summed E-state index contributed by atoms with van der Waals surface area (Å²) in [5.74, 6) is -1.09. The van der Waals surface area contributed by atoms with Crippen LogP contribution in [0.25, 0.3) is 11.1 Å². The van der Waals surface area contributed by atoms with E-state index in [0.29, 0.717) is 11.1 Å². The maximum Gasteiger partial charge on any atom is 0.339 e. The Morgan fingerprint density at radius 2 is 1.00 bits per heavy atom. The molecule has 0 bridgehead atoms. The van der Waals surface area contributed by atoms with Crippen molar-refractivity contribution in [3.05, 3.63) is 71.8 Å². The van der Waals surface area contributed by atoms with Gasteiger partial charge >= 0.3 is 11.9 Å². The summed E-state index contributed by atoms with van der Waals surface area (Å²) in [6, 6.07) is 18.0. The SMILES string of the molecule is CCOC(=O)C(=C(C(=O)OCC)c1ccccc1)c1ccccc1. The molecule has 0 radical (unpaired) electrons. The molecule has 0 spiro atoms. The first kappa shape index (κ1) is 17.5. The first-order valence-corrected chi connectivity index (χ1v) is 7.88. The monoisotopic (exact) mass is 324 g/mol. The first-order valence-electron chi connectivity index (χ1n) is 7.88. The van der Waals surface area contributed by atoms with E-state index in [1.807, 2.05) is 36.4 Å². The number of benzene rings is 2. The molecule has 2 aromatic rings. The average Bonchev–Trinajstić information content (AvgIpc) is 2.61. The fourth-order valence-electron chi connectivity index (χ4n) is 2.34. The van der Waals surface area contributed by atoms with E-state index in [-0.39, 0.29) is 24.4 Å². The van der Waals surface area contributed by atoms with Gasteiger partial charge in [-0.1, -0.05) is 60.7 Å². The third-order valence-electron chi connectivity index (χ3n) is 3.33. The second-order valence-electron chi connectivity index (χ2n) is 4.92. The smallest absolute Gasteiger partial charge is 0.339 e. The molecule has 4 heteroatoms. The van der Waals surface area contributed by atoms with Crippen LogP contribution in [0.3, 0.4) is 0 Å². The minimum atomic E-state index is -0.546. The molecular formula is C20H20O4. The molecular weight excluding hydrogens is 304 g/mol. The van der Waals surface area contributed by atoms with Crippen LogP contribution >= 0.6 is 0 Å². The van der Waals surface area contributed by atoms with Crippen molar-refractivity contribution in [3.8, 4) is 0 Å². The van der Waals surface area contributed by atoms with E-state index in [0.717, 1.165) is 0 Å². The van der Waals surface area contributed by atoms with Gasteiger partial charge in [-0.25, -0.2) is 9.59 Å². The molecule has 2 aromatic carbocycles. The highest BCUT2D eigenvalue weighted by Crippen LogP contribution is 2.29. The maximum absolute atomic E-state index is 12.6. The summed E-state index contributed by atoms with van der Waals surface area (Å²) in [7, 11) is 0. The van der Waals surface area contributed by atoms with Gasteiger partial charge in [0, 0.05) is 0 Å². The number of rotatable bonds is 6. The fraction of sp³-hybridized carbons (Fsp3) is 0.200. The van der Waals surface area contributed by atoms with Crippen LogP contribution in [-0.2, 0) is 19.1 Å². The molecule has 0 aliphatic heterocycles. The highest BCUT2D eigenvalue weighted by Gasteiger charge is 2.25. The zero-order valence-corrected chi connectivity index (χ0v) is 13.8. The zero-order chi connectivity index (χ0) is 17.4. The third-order valence-corrected chi connectivity index (χ3v) is 3.33. The van der Waals surface area contributed by atoms with E-state index in [1.165, 1.54) is 0 Å². The van der Waals surface area contributed by atoms with E-state index in [9.17, 15) is 9.59 Å². The zero-order valence-electron chi connectivity index (χ0n) is 13.8. The topological polar surface area (TPSA) is 52.6 Å². The van der Waals surface area contributed by atoms with Gasteiger partial charge in [0.15, 0.2) is 0 Å². The number of esters is 2. The molecule has 0 heterocycles. The number of hydrogen-bond donors (Lipinski definition) is 0. The Morgan fingerprint density at radius 3 is 1.29 bits per heavy atom. The normalized spacial score (nSPS) is 11.4. The van der Waals surface area contributed by atoms with Gasteiger partial charge in [0.05, 0.1) is 24.4 Å². The van der Waals surface area contributed by atoms with Crippen LogP contribution in [0.4, 0.5) is 0 Å². The quantitative estimate of drug-likeness (QED) is 0.462. The van der Waals surface area contributed by atoms with E-state index in [2.05, 4.69) is 0 Å². The molecule has 0 aromatic heterocycles. The number of ether oxygens (including phenoxy) is 2. The second-order valence-corrected chi connectivity index (χ2v) is 4.92. The number of carbonyl (C=O) groups is 2. The lowest BCUT2D eigenvalue weighted by Crippen LogP contribution is -2.15. The predicted octanol–water partition coefficient (Wildman–Crippen LogP) is 3.72. The molecule has 24 heavy (non-hydrogen) atoms. The Kier molecular flexibility index (Phi) is 6.32. The molecule has 0 saturated heterocycles. The molecule has 0 amide bonds. The summed E-state index contributed by atoms with van der Waals surface area (Å²) in [5.41, 5.74) is 1.65. The Balaban J connectivity index is 2.72. The van der Waals surface area contributed by atoms with Crippen LogP contribution < -0.4 is 0 Å². The van der Waals surface area contributed by atoms with E-state index in [1.54, 1.807) is 38.1 Å². The molecule has 2 rings (SSSR count). The minimum Gasteiger partial charge on any atom is -0.462 e. The van der Waals surface area contributed by atoms with Gasteiger partial charge in [0.1, 0.15) is 0 Å². The fourth-order valence-corrected chi connectivity index (χ4v) is 2.34. The lowest BCUT2D eigenvalue weighted by Gasteiger charge is -2.14. The van der Waals surface area contributed by atoms with Gasteiger partial charge in [-0.2, -0.15) is 0 Å². The van der Waals surface area contributed by atoms with Crippen molar-refractivity contribution >= 4 is 23.1 Å². The van der Waals surface area contributed by atoms with E-state index >= 15 is 0 Å². The van der Waals surface area contributed by atoms with Crippen LogP contribution in [0.5, 0.6) is 0 Å². The highest BCUT2D eigenvalue weighted by molar-refractivity contribution is 6.37. The minimum absolute atomic E-state index is 0.210. The predicted molar refractivity (Wildman–Crippen MR) is 93.0 cm³/mol. The largest absolute Gasteiger partial charge is 0.462 e. The summed E-state index contributed by atoms with van der Waals surface area (Å²) >= 11 is 0. The summed E-state index contributed by atoms with van der Waals surface area (Å²) < 4.78 is 10.4. The molecule has 0 N–H and O–H groups in total. The second kappa shape index (κ2) is 8.67. The van der Waals surface area contributed by atoms with E-state index in [4.69, 9.17) is 9.47 Å². The van der Waals surface area contributed by atoms with Crippen molar-refractivity contribution < 1.29 is 19.1 Å². The van der Waals surface area contributed by atoms with Crippen molar-refractivity contribution in [2.75, 3.05) is 13.2 Å². The summed E-state index contributed by atoms with van der Waals surface area (Å²) in [4.78, 5) is 25.2. The van der Waals surface area contributed by atoms with Gasteiger partial charge in [0.2, 0.25) is 0 Å². The van der Waals surface area contributed by atoms with Crippen LogP contribution in [0.15, 0.2) is 60.7 Å². The molecule has 0 saturated carbocycles. The number of carbonyl (C=O) groups excluding carboxylic acids is 2. The molecule has 4 nitrogen and oxygen atoms in total.